The van der Waals surface area contributed by atoms with E-state index in [4.69, 9.17) is 5.73 Å². The zero-order valence-electron chi connectivity index (χ0n) is 28.6. The van der Waals surface area contributed by atoms with Crippen molar-refractivity contribution in [1.82, 2.24) is 14.8 Å². The molecule has 4 N–H and O–H groups in total. The van der Waals surface area contributed by atoms with Crippen molar-refractivity contribution in [3.8, 4) is 0 Å². The number of amides is 3. The van der Waals surface area contributed by atoms with E-state index in [1.54, 1.807) is 11.1 Å². The fraction of sp³-hybridized carbons (Fsp3) is 0.317. The van der Waals surface area contributed by atoms with Crippen molar-refractivity contribution in [3.63, 3.8) is 0 Å². The van der Waals surface area contributed by atoms with E-state index in [0.717, 1.165) is 45.6 Å². The molecule has 0 aliphatic rings. The molecular formula is C41H46N4O5. The van der Waals surface area contributed by atoms with E-state index in [1.807, 2.05) is 95.6 Å². The molecular weight excluding hydrogens is 628 g/mol. The Hall–Kier alpha value is -5.44. The topological polar surface area (TPSA) is 135 Å². The van der Waals surface area contributed by atoms with Crippen LogP contribution in [0.5, 0.6) is 0 Å². The Labute approximate surface area is 293 Å². The molecule has 9 nitrogen and oxygen atoms in total. The summed E-state index contributed by atoms with van der Waals surface area (Å²) in [5, 5.41) is 15.3. The maximum absolute atomic E-state index is 14.6. The molecule has 9 heteroatoms. The molecule has 0 aliphatic carbocycles. The minimum absolute atomic E-state index is 0.0482. The van der Waals surface area contributed by atoms with Gasteiger partial charge < -0.3 is 25.6 Å². The first kappa shape index (κ1) is 35.9. The highest BCUT2D eigenvalue weighted by Gasteiger charge is 2.32. The van der Waals surface area contributed by atoms with Crippen molar-refractivity contribution in [2.45, 2.75) is 76.9 Å². The van der Waals surface area contributed by atoms with Gasteiger partial charge in [0.25, 0.3) is 5.91 Å². The molecule has 50 heavy (non-hydrogen) atoms. The van der Waals surface area contributed by atoms with E-state index in [2.05, 4.69) is 18.3 Å². The molecule has 0 spiro atoms. The standard InChI is InChI=1S/C41H46N4O5/c1-2-3-11-23-45(33(26-38(42)46)25-30-21-22-31-15-7-8-16-32(31)24-30)41(50)36(18-12-20-39(47)48)43-40(49)35-28-44(27-29-13-5-4-6-14-29)37-19-10-9-17-34(35)37/h4-10,13-17,19,21-22,24,28,33,36H,2-3,11-12,18,20,23,25-27H2,1H3,(H2,42,46)(H,43,49)(H,47,48)/t33-,36-/m0/s1. The smallest absolute Gasteiger partial charge is 0.303 e. The van der Waals surface area contributed by atoms with Crippen molar-refractivity contribution in [1.29, 1.82) is 0 Å². The van der Waals surface area contributed by atoms with E-state index in [9.17, 15) is 24.3 Å². The number of carbonyl (C=O) groups is 4. The summed E-state index contributed by atoms with van der Waals surface area (Å²) in [7, 11) is 0. The quantitative estimate of drug-likeness (QED) is 0.0890. The Kier molecular flexibility index (Phi) is 12.4. The minimum atomic E-state index is -1.01. The fourth-order valence-electron chi connectivity index (χ4n) is 6.66. The number of carboxylic acids is 1. The van der Waals surface area contributed by atoms with Gasteiger partial charge in [-0.15, -0.1) is 0 Å². The molecule has 0 saturated carbocycles. The third-order valence-corrected chi connectivity index (χ3v) is 9.16. The van der Waals surface area contributed by atoms with Crippen LogP contribution in [0.25, 0.3) is 21.7 Å². The van der Waals surface area contributed by atoms with Crippen molar-refractivity contribution in [2.24, 2.45) is 5.73 Å². The second-order valence-electron chi connectivity index (χ2n) is 12.9. The van der Waals surface area contributed by atoms with Gasteiger partial charge in [0.05, 0.1) is 5.56 Å². The van der Waals surface area contributed by atoms with Crippen LogP contribution in [0.1, 0.15) is 73.4 Å². The number of hydrogen-bond acceptors (Lipinski definition) is 4. The zero-order chi connectivity index (χ0) is 35.5. The van der Waals surface area contributed by atoms with Crippen LogP contribution in [0.3, 0.4) is 0 Å². The minimum Gasteiger partial charge on any atom is -0.481 e. The largest absolute Gasteiger partial charge is 0.481 e. The summed E-state index contributed by atoms with van der Waals surface area (Å²) in [6.07, 6.45) is 4.84. The predicted molar refractivity (Wildman–Crippen MR) is 197 cm³/mol. The molecule has 5 aromatic rings. The number of nitrogens with zero attached hydrogens (tertiary/aromatic N) is 2. The highest BCUT2D eigenvalue weighted by Crippen LogP contribution is 2.25. The summed E-state index contributed by atoms with van der Waals surface area (Å²) in [6, 6.07) is 30.1. The van der Waals surface area contributed by atoms with E-state index in [-0.39, 0.29) is 31.6 Å². The summed E-state index contributed by atoms with van der Waals surface area (Å²) >= 11 is 0. The molecule has 2 atom stereocenters. The lowest BCUT2D eigenvalue weighted by Crippen LogP contribution is -2.53. The highest BCUT2D eigenvalue weighted by molar-refractivity contribution is 6.08. The number of hydrogen-bond donors (Lipinski definition) is 3. The summed E-state index contributed by atoms with van der Waals surface area (Å²) < 4.78 is 2.02. The summed E-state index contributed by atoms with van der Waals surface area (Å²) in [4.78, 5) is 54.4. The Morgan fingerprint density at radius 2 is 1.56 bits per heavy atom. The van der Waals surface area contributed by atoms with Crippen molar-refractivity contribution in [3.05, 3.63) is 120 Å². The Morgan fingerprint density at radius 1 is 0.840 bits per heavy atom. The number of rotatable bonds is 18. The van der Waals surface area contributed by atoms with Crippen LogP contribution in [0.15, 0.2) is 103 Å². The van der Waals surface area contributed by atoms with Gasteiger partial charge in [-0.05, 0) is 53.6 Å². The molecule has 1 aromatic heterocycles. The maximum atomic E-state index is 14.6. The first-order chi connectivity index (χ1) is 24.2. The van der Waals surface area contributed by atoms with E-state index < -0.39 is 29.9 Å². The summed E-state index contributed by atoms with van der Waals surface area (Å²) in [5.74, 6) is -2.27. The number of nitrogens with one attached hydrogen (secondary N) is 1. The number of unbranched alkanes of at least 4 members (excludes halogenated alkanes) is 2. The molecule has 0 bridgehead atoms. The molecule has 5 rings (SSSR count). The summed E-state index contributed by atoms with van der Waals surface area (Å²) in [5.41, 5.74) is 9.12. The van der Waals surface area contributed by atoms with Crippen LogP contribution in [-0.2, 0) is 27.3 Å². The molecule has 0 unspecified atom stereocenters. The molecule has 4 aromatic carbocycles. The predicted octanol–water partition coefficient (Wildman–Crippen LogP) is 6.70. The second-order valence-corrected chi connectivity index (χ2v) is 12.9. The number of para-hydroxylation sites is 1. The first-order valence-corrected chi connectivity index (χ1v) is 17.4. The maximum Gasteiger partial charge on any atom is 0.303 e. The van der Waals surface area contributed by atoms with Gasteiger partial charge in [0.2, 0.25) is 11.8 Å². The number of primary amides is 1. The molecule has 0 radical (unpaired) electrons. The number of nitrogens with two attached hydrogens (primary N) is 1. The van der Waals surface area contributed by atoms with Crippen LogP contribution in [-0.4, -0.2) is 56.9 Å². The van der Waals surface area contributed by atoms with Gasteiger partial charge in [-0.3, -0.25) is 19.2 Å². The lowest BCUT2D eigenvalue weighted by molar-refractivity contribution is -0.139. The van der Waals surface area contributed by atoms with Crippen LogP contribution in [0.2, 0.25) is 0 Å². The van der Waals surface area contributed by atoms with Gasteiger partial charge in [0.15, 0.2) is 0 Å². The Morgan fingerprint density at radius 3 is 2.30 bits per heavy atom. The molecule has 260 valence electrons. The van der Waals surface area contributed by atoms with Crippen molar-refractivity contribution >= 4 is 45.4 Å². The highest BCUT2D eigenvalue weighted by atomic mass is 16.4. The Balaban J connectivity index is 1.46. The molecule has 0 saturated heterocycles. The number of aliphatic carboxylic acids is 1. The van der Waals surface area contributed by atoms with Crippen molar-refractivity contribution < 1.29 is 24.3 Å². The van der Waals surface area contributed by atoms with E-state index in [1.165, 1.54) is 0 Å². The third kappa shape index (κ3) is 9.37. The van der Waals surface area contributed by atoms with Crippen LogP contribution in [0, 0.1) is 0 Å². The number of aromatic nitrogens is 1. The van der Waals surface area contributed by atoms with Gasteiger partial charge in [-0.2, -0.15) is 0 Å². The van der Waals surface area contributed by atoms with Crippen LogP contribution >= 0.6 is 0 Å². The fourth-order valence-corrected chi connectivity index (χ4v) is 6.66. The lowest BCUT2D eigenvalue weighted by atomic mass is 9.97. The average molecular weight is 675 g/mol. The molecule has 0 aliphatic heterocycles. The van der Waals surface area contributed by atoms with Gasteiger partial charge >= 0.3 is 5.97 Å². The lowest BCUT2D eigenvalue weighted by Gasteiger charge is -2.35. The van der Waals surface area contributed by atoms with Crippen LogP contribution in [0.4, 0.5) is 0 Å². The molecule has 1 heterocycles. The number of carboxylic acid groups (broad SMARTS) is 1. The summed E-state index contributed by atoms with van der Waals surface area (Å²) in [6.45, 7) is 3.01. The van der Waals surface area contributed by atoms with Gasteiger partial charge in [0.1, 0.15) is 6.04 Å². The third-order valence-electron chi connectivity index (χ3n) is 9.16. The SMILES string of the molecule is CCCCCN(C(=O)[C@H](CCCC(=O)O)NC(=O)c1cn(Cc2ccccc2)c2ccccc12)[C@H](CC(N)=O)Cc1ccc2ccccc2c1. The number of fused-ring (bicyclic) bond motifs is 2. The number of benzene rings is 4. The first-order valence-electron chi connectivity index (χ1n) is 17.4. The Bertz CT molecular complexity index is 1940. The van der Waals surface area contributed by atoms with E-state index in [0.29, 0.717) is 31.5 Å². The van der Waals surface area contributed by atoms with Crippen LogP contribution < -0.4 is 11.1 Å². The zero-order valence-corrected chi connectivity index (χ0v) is 28.6. The normalized spacial score (nSPS) is 12.4. The van der Waals surface area contributed by atoms with Crippen molar-refractivity contribution in [2.75, 3.05) is 6.54 Å². The molecule has 0 fully saturated rings. The monoisotopic (exact) mass is 674 g/mol. The van der Waals surface area contributed by atoms with E-state index >= 15 is 0 Å². The average Bonchev–Trinajstić information content (AvgIpc) is 3.47. The van der Waals surface area contributed by atoms with Gasteiger partial charge in [-0.25, -0.2) is 0 Å². The van der Waals surface area contributed by atoms with Gasteiger partial charge in [0, 0.05) is 49.1 Å². The van der Waals surface area contributed by atoms with Gasteiger partial charge in [-0.1, -0.05) is 111 Å². The molecule has 3 amide bonds. The second kappa shape index (κ2) is 17.3. The number of carbonyl (C=O) groups excluding carboxylic acids is 3.